The summed E-state index contributed by atoms with van der Waals surface area (Å²) in [5.41, 5.74) is 0.597. The van der Waals surface area contributed by atoms with Crippen LogP contribution >= 0.6 is 0 Å². The Bertz CT molecular complexity index is 616. The third-order valence-corrected chi connectivity index (χ3v) is 6.26. The van der Waals surface area contributed by atoms with Gasteiger partial charge in [-0.15, -0.1) is 0 Å². The lowest BCUT2D eigenvalue weighted by atomic mass is 9.93. The molecule has 142 valence electrons. The Kier molecular flexibility index (Phi) is 5.29. The Morgan fingerprint density at radius 1 is 0.923 bits per heavy atom. The minimum atomic E-state index is 0.0109. The maximum absolute atomic E-state index is 13.0. The molecule has 2 amide bonds. The van der Waals surface area contributed by atoms with Crippen LogP contribution < -0.4 is 0 Å². The monoisotopic (exact) mass is 359 g/mol. The fourth-order valence-electron chi connectivity index (χ4n) is 4.72. The molecule has 6 heteroatoms. The van der Waals surface area contributed by atoms with Crippen LogP contribution in [0, 0.1) is 5.92 Å². The van der Waals surface area contributed by atoms with Gasteiger partial charge in [-0.3, -0.25) is 14.5 Å². The molecule has 3 saturated heterocycles. The van der Waals surface area contributed by atoms with E-state index in [1.807, 2.05) is 4.90 Å². The maximum atomic E-state index is 13.0. The van der Waals surface area contributed by atoms with Crippen LogP contribution in [0.15, 0.2) is 23.0 Å². The van der Waals surface area contributed by atoms with Crippen LogP contribution in [0.5, 0.6) is 0 Å². The van der Waals surface area contributed by atoms with Gasteiger partial charge in [0, 0.05) is 38.1 Å². The summed E-state index contributed by atoms with van der Waals surface area (Å²) in [5, 5.41) is 0. The van der Waals surface area contributed by atoms with Gasteiger partial charge in [-0.05, 0) is 57.7 Å². The van der Waals surface area contributed by atoms with E-state index >= 15 is 0 Å². The molecule has 26 heavy (non-hydrogen) atoms. The third-order valence-electron chi connectivity index (χ3n) is 6.26. The first-order chi connectivity index (χ1) is 12.7. The van der Waals surface area contributed by atoms with E-state index in [4.69, 9.17) is 4.42 Å². The number of rotatable bonds is 3. The van der Waals surface area contributed by atoms with Gasteiger partial charge in [0.1, 0.15) is 6.26 Å². The minimum Gasteiger partial charge on any atom is -0.472 e. The quantitative estimate of drug-likeness (QED) is 0.830. The van der Waals surface area contributed by atoms with Crippen LogP contribution in [0.3, 0.4) is 0 Å². The van der Waals surface area contributed by atoms with E-state index in [0.717, 1.165) is 32.4 Å². The highest BCUT2D eigenvalue weighted by molar-refractivity contribution is 5.94. The summed E-state index contributed by atoms with van der Waals surface area (Å²) < 4.78 is 5.01. The van der Waals surface area contributed by atoms with Crippen molar-refractivity contribution in [3.8, 4) is 0 Å². The summed E-state index contributed by atoms with van der Waals surface area (Å²) in [5.74, 6) is 0.391. The number of likely N-dealkylation sites (tertiary alicyclic amines) is 3. The van der Waals surface area contributed by atoms with E-state index in [-0.39, 0.29) is 11.8 Å². The molecule has 0 bridgehead atoms. The smallest absolute Gasteiger partial charge is 0.257 e. The Labute approximate surface area is 155 Å². The highest BCUT2D eigenvalue weighted by Gasteiger charge is 2.34. The van der Waals surface area contributed by atoms with E-state index < -0.39 is 0 Å². The molecule has 3 aliphatic rings. The average molecular weight is 359 g/mol. The van der Waals surface area contributed by atoms with Crippen LogP contribution in [-0.2, 0) is 4.79 Å². The number of hydrogen-bond donors (Lipinski definition) is 0. The van der Waals surface area contributed by atoms with Crippen molar-refractivity contribution in [3.63, 3.8) is 0 Å². The standard InChI is InChI=1S/C20H29N3O3/c24-19(23-10-3-4-18(14-23)21-8-1-2-9-21)16-5-11-22(12-6-16)20(25)17-7-13-26-15-17/h7,13,15-16,18H,1-6,8-12,14H2. The molecule has 0 aliphatic carbocycles. The number of carbonyl (C=O) groups excluding carboxylic acids is 2. The summed E-state index contributed by atoms with van der Waals surface area (Å²) >= 11 is 0. The molecule has 1 aromatic heterocycles. The van der Waals surface area contributed by atoms with Crippen molar-refractivity contribution in [2.75, 3.05) is 39.3 Å². The van der Waals surface area contributed by atoms with Gasteiger partial charge in [0.2, 0.25) is 5.91 Å². The molecule has 0 saturated carbocycles. The molecule has 0 N–H and O–H groups in total. The normalized spacial score (nSPS) is 25.6. The van der Waals surface area contributed by atoms with Gasteiger partial charge in [0.25, 0.3) is 5.91 Å². The summed E-state index contributed by atoms with van der Waals surface area (Å²) in [7, 11) is 0. The van der Waals surface area contributed by atoms with Gasteiger partial charge in [-0.25, -0.2) is 0 Å². The Morgan fingerprint density at radius 2 is 1.69 bits per heavy atom. The number of piperidine rings is 2. The molecule has 4 rings (SSSR count). The summed E-state index contributed by atoms with van der Waals surface area (Å²) in [6.07, 6.45) is 9.50. The lowest BCUT2D eigenvalue weighted by Crippen LogP contribution is -2.51. The van der Waals surface area contributed by atoms with Crippen molar-refractivity contribution in [1.29, 1.82) is 0 Å². The minimum absolute atomic E-state index is 0.0109. The first-order valence-corrected chi connectivity index (χ1v) is 10.1. The molecule has 1 aromatic rings. The van der Waals surface area contributed by atoms with Crippen LogP contribution in [0.4, 0.5) is 0 Å². The highest BCUT2D eigenvalue weighted by Crippen LogP contribution is 2.25. The predicted molar refractivity (Wildman–Crippen MR) is 97.7 cm³/mol. The zero-order valence-electron chi connectivity index (χ0n) is 15.4. The second-order valence-electron chi connectivity index (χ2n) is 7.90. The predicted octanol–water partition coefficient (Wildman–Crippen LogP) is 2.22. The first kappa shape index (κ1) is 17.6. The molecule has 0 aromatic carbocycles. The van der Waals surface area contributed by atoms with Crippen LogP contribution in [0.25, 0.3) is 0 Å². The summed E-state index contributed by atoms with van der Waals surface area (Å²) in [6, 6.07) is 2.25. The molecule has 0 radical (unpaired) electrons. The van der Waals surface area contributed by atoms with Gasteiger partial charge in [-0.1, -0.05) is 0 Å². The second-order valence-corrected chi connectivity index (χ2v) is 7.90. The summed E-state index contributed by atoms with van der Waals surface area (Å²) in [4.78, 5) is 31.9. The number of amides is 2. The summed E-state index contributed by atoms with van der Waals surface area (Å²) in [6.45, 7) is 5.50. The third kappa shape index (κ3) is 3.65. The molecular weight excluding hydrogens is 330 g/mol. The van der Waals surface area contributed by atoms with Crippen LogP contribution in [0.2, 0.25) is 0 Å². The number of nitrogens with zero attached hydrogens (tertiary/aromatic N) is 3. The Morgan fingerprint density at radius 3 is 2.38 bits per heavy atom. The van der Waals surface area contributed by atoms with Crippen molar-refractivity contribution in [1.82, 2.24) is 14.7 Å². The second kappa shape index (κ2) is 7.82. The Balaban J connectivity index is 1.29. The van der Waals surface area contributed by atoms with Crippen molar-refractivity contribution in [2.24, 2.45) is 5.92 Å². The zero-order chi connectivity index (χ0) is 17.9. The van der Waals surface area contributed by atoms with Gasteiger partial charge in [0.05, 0.1) is 11.8 Å². The van der Waals surface area contributed by atoms with E-state index in [9.17, 15) is 9.59 Å². The fraction of sp³-hybridized carbons (Fsp3) is 0.700. The van der Waals surface area contributed by atoms with Crippen molar-refractivity contribution < 1.29 is 14.0 Å². The van der Waals surface area contributed by atoms with E-state index in [0.29, 0.717) is 30.6 Å². The molecule has 1 atom stereocenters. The van der Waals surface area contributed by atoms with E-state index in [2.05, 4.69) is 9.80 Å². The molecular formula is C20H29N3O3. The molecule has 1 unspecified atom stereocenters. The van der Waals surface area contributed by atoms with Gasteiger partial charge < -0.3 is 14.2 Å². The van der Waals surface area contributed by atoms with Gasteiger partial charge >= 0.3 is 0 Å². The number of hydrogen-bond acceptors (Lipinski definition) is 4. The van der Waals surface area contributed by atoms with Crippen LogP contribution in [0.1, 0.15) is 48.9 Å². The number of carbonyl (C=O) groups is 2. The van der Waals surface area contributed by atoms with Gasteiger partial charge in [0.15, 0.2) is 0 Å². The van der Waals surface area contributed by atoms with Crippen molar-refractivity contribution >= 4 is 11.8 Å². The zero-order valence-corrected chi connectivity index (χ0v) is 15.4. The molecule has 4 heterocycles. The lowest BCUT2D eigenvalue weighted by Gasteiger charge is -2.40. The lowest BCUT2D eigenvalue weighted by molar-refractivity contribution is -0.139. The average Bonchev–Trinajstić information content (AvgIpc) is 3.41. The molecule has 3 fully saturated rings. The van der Waals surface area contributed by atoms with Gasteiger partial charge in [-0.2, -0.15) is 0 Å². The Hall–Kier alpha value is -1.82. The molecule has 3 aliphatic heterocycles. The maximum Gasteiger partial charge on any atom is 0.257 e. The van der Waals surface area contributed by atoms with Crippen molar-refractivity contribution in [3.05, 3.63) is 24.2 Å². The number of furan rings is 1. The van der Waals surface area contributed by atoms with E-state index in [1.165, 1.54) is 44.9 Å². The first-order valence-electron chi connectivity index (χ1n) is 10.1. The largest absolute Gasteiger partial charge is 0.472 e. The van der Waals surface area contributed by atoms with Crippen molar-refractivity contribution in [2.45, 2.75) is 44.6 Å². The molecule has 6 nitrogen and oxygen atoms in total. The van der Waals surface area contributed by atoms with Crippen LogP contribution in [-0.4, -0.2) is 71.8 Å². The SMILES string of the molecule is O=C(c1ccoc1)N1CCC(C(=O)N2CCCC(N3CCCC3)C2)CC1. The van der Waals surface area contributed by atoms with E-state index in [1.54, 1.807) is 6.07 Å². The molecule has 0 spiro atoms. The fourth-order valence-corrected chi connectivity index (χ4v) is 4.72. The highest BCUT2D eigenvalue weighted by atomic mass is 16.3. The topological polar surface area (TPSA) is 57.0 Å².